The van der Waals surface area contributed by atoms with Crippen LogP contribution in [0.4, 0.5) is 5.69 Å². The van der Waals surface area contributed by atoms with Crippen LogP contribution in [-0.2, 0) is 14.8 Å². The predicted octanol–water partition coefficient (Wildman–Crippen LogP) is 2.66. The van der Waals surface area contributed by atoms with Crippen molar-refractivity contribution in [1.29, 1.82) is 0 Å². The number of anilines is 1. The molecule has 0 spiro atoms. The highest BCUT2D eigenvalue weighted by atomic mass is 32.2. The zero-order chi connectivity index (χ0) is 19.8. The molecule has 0 saturated carbocycles. The maximum atomic E-state index is 13.0. The van der Waals surface area contributed by atoms with E-state index < -0.39 is 10.0 Å². The van der Waals surface area contributed by atoms with E-state index in [1.807, 2.05) is 31.2 Å². The highest BCUT2D eigenvalue weighted by Gasteiger charge is 2.37. The maximum Gasteiger partial charge on any atom is 0.248 e. The molecule has 0 aliphatic carbocycles. The van der Waals surface area contributed by atoms with Crippen molar-refractivity contribution in [2.75, 3.05) is 25.0 Å². The number of nitrogens with zero attached hydrogens (tertiary/aromatic N) is 3. The first-order valence-corrected chi connectivity index (χ1v) is 10.4. The van der Waals surface area contributed by atoms with Crippen molar-refractivity contribution in [2.45, 2.75) is 38.5 Å². The molecule has 1 aromatic heterocycles. The number of sulfonamides is 1. The molecule has 8 heteroatoms. The molecule has 2 heterocycles. The summed E-state index contributed by atoms with van der Waals surface area (Å²) >= 11 is 0. The van der Waals surface area contributed by atoms with E-state index in [1.54, 1.807) is 25.8 Å². The van der Waals surface area contributed by atoms with E-state index in [0.717, 1.165) is 11.3 Å². The van der Waals surface area contributed by atoms with Crippen molar-refractivity contribution in [3.8, 4) is 0 Å². The number of aryl methyl sites for hydroxylation is 3. The van der Waals surface area contributed by atoms with Crippen LogP contribution in [0.1, 0.15) is 29.9 Å². The van der Waals surface area contributed by atoms with E-state index in [2.05, 4.69) is 5.16 Å². The highest BCUT2D eigenvalue weighted by molar-refractivity contribution is 7.89. The van der Waals surface area contributed by atoms with Crippen molar-refractivity contribution < 1.29 is 17.7 Å². The van der Waals surface area contributed by atoms with Crippen LogP contribution in [0.2, 0.25) is 0 Å². The molecule has 3 rings (SSSR count). The second-order valence-corrected chi connectivity index (χ2v) is 8.97. The second kappa shape index (κ2) is 7.44. The largest absolute Gasteiger partial charge is 0.360 e. The molecule has 7 nitrogen and oxygen atoms in total. The highest BCUT2D eigenvalue weighted by Crippen LogP contribution is 2.29. The maximum absolute atomic E-state index is 13.0. The Morgan fingerprint density at radius 2 is 2.04 bits per heavy atom. The van der Waals surface area contributed by atoms with E-state index in [9.17, 15) is 13.2 Å². The number of rotatable bonds is 4. The number of benzene rings is 1. The van der Waals surface area contributed by atoms with Gasteiger partial charge in [0.15, 0.2) is 5.76 Å². The van der Waals surface area contributed by atoms with Crippen LogP contribution in [0, 0.1) is 26.7 Å². The molecule has 1 atom stereocenters. The van der Waals surface area contributed by atoms with Gasteiger partial charge in [-0.2, -0.15) is 4.31 Å². The Hall–Kier alpha value is -2.19. The fourth-order valence-electron chi connectivity index (χ4n) is 3.57. The number of amides is 1. The normalized spacial score (nSPS) is 18.4. The first-order chi connectivity index (χ1) is 12.7. The van der Waals surface area contributed by atoms with Crippen molar-refractivity contribution in [3.63, 3.8) is 0 Å². The number of hydrogen-bond donors (Lipinski definition) is 0. The molecule has 146 valence electrons. The third kappa shape index (κ3) is 3.77. The van der Waals surface area contributed by atoms with Gasteiger partial charge in [0, 0.05) is 25.8 Å². The van der Waals surface area contributed by atoms with Gasteiger partial charge in [0.05, 0.1) is 5.92 Å². The van der Waals surface area contributed by atoms with Gasteiger partial charge in [-0.3, -0.25) is 4.79 Å². The van der Waals surface area contributed by atoms with Gasteiger partial charge in [-0.25, -0.2) is 8.42 Å². The number of aromatic nitrogens is 1. The summed E-state index contributed by atoms with van der Waals surface area (Å²) < 4.78 is 32.5. The van der Waals surface area contributed by atoms with E-state index >= 15 is 0 Å². The van der Waals surface area contributed by atoms with Gasteiger partial charge >= 0.3 is 0 Å². The quantitative estimate of drug-likeness (QED) is 0.800. The van der Waals surface area contributed by atoms with Crippen LogP contribution in [0.3, 0.4) is 0 Å². The topological polar surface area (TPSA) is 83.7 Å². The SMILES string of the molecule is Cc1cccc(N(C)C(=O)C2CCCN(S(=O)(=O)c3c(C)noc3C)C2)c1. The lowest BCUT2D eigenvalue weighted by Crippen LogP contribution is -2.46. The van der Waals surface area contributed by atoms with Gasteiger partial charge in [-0.1, -0.05) is 17.3 Å². The van der Waals surface area contributed by atoms with Crippen molar-refractivity contribution in [1.82, 2.24) is 9.46 Å². The van der Waals surface area contributed by atoms with Gasteiger partial charge < -0.3 is 9.42 Å². The Labute approximate surface area is 160 Å². The first-order valence-electron chi connectivity index (χ1n) is 8.99. The molecular formula is C19H25N3O4S. The molecule has 1 aliphatic heterocycles. The summed E-state index contributed by atoms with van der Waals surface area (Å²) in [7, 11) is -2.00. The first kappa shape index (κ1) is 19.6. The lowest BCUT2D eigenvalue weighted by Gasteiger charge is -2.33. The summed E-state index contributed by atoms with van der Waals surface area (Å²) in [5.74, 6) is -0.170. The third-order valence-electron chi connectivity index (χ3n) is 5.02. The third-order valence-corrected chi connectivity index (χ3v) is 7.13. The molecule has 1 aromatic carbocycles. The van der Waals surface area contributed by atoms with Crippen LogP contribution in [0.5, 0.6) is 0 Å². The van der Waals surface area contributed by atoms with Crippen LogP contribution in [0.15, 0.2) is 33.7 Å². The van der Waals surface area contributed by atoms with Gasteiger partial charge in [-0.15, -0.1) is 0 Å². The lowest BCUT2D eigenvalue weighted by molar-refractivity contribution is -0.123. The van der Waals surface area contributed by atoms with Crippen LogP contribution < -0.4 is 4.90 Å². The molecular weight excluding hydrogens is 366 g/mol. The molecule has 27 heavy (non-hydrogen) atoms. The van der Waals surface area contributed by atoms with Gasteiger partial charge in [0.1, 0.15) is 10.6 Å². The van der Waals surface area contributed by atoms with Gasteiger partial charge in [-0.05, 0) is 51.3 Å². The summed E-state index contributed by atoms with van der Waals surface area (Å²) in [6, 6.07) is 7.70. The summed E-state index contributed by atoms with van der Waals surface area (Å²) in [5, 5.41) is 3.75. The Kier molecular flexibility index (Phi) is 5.39. The molecule has 0 N–H and O–H groups in total. The van der Waals surface area contributed by atoms with Crippen molar-refractivity contribution in [3.05, 3.63) is 41.3 Å². The second-order valence-electron chi connectivity index (χ2n) is 7.09. The summed E-state index contributed by atoms with van der Waals surface area (Å²) in [5.41, 5.74) is 2.22. The zero-order valence-corrected chi connectivity index (χ0v) is 16.9. The molecule has 0 bridgehead atoms. The lowest BCUT2D eigenvalue weighted by atomic mass is 9.98. The average Bonchev–Trinajstić information content (AvgIpc) is 2.99. The Morgan fingerprint density at radius 3 is 2.67 bits per heavy atom. The zero-order valence-electron chi connectivity index (χ0n) is 16.1. The smallest absolute Gasteiger partial charge is 0.248 e. The van der Waals surface area contributed by atoms with Crippen molar-refractivity contribution >= 4 is 21.6 Å². The Balaban J connectivity index is 1.81. The molecule has 1 saturated heterocycles. The summed E-state index contributed by atoms with van der Waals surface area (Å²) in [6.07, 6.45) is 1.31. The molecule has 2 aromatic rings. The number of piperidine rings is 1. The van der Waals surface area contributed by atoms with Crippen LogP contribution in [-0.4, -0.2) is 43.9 Å². The van der Waals surface area contributed by atoms with Crippen LogP contribution in [0.25, 0.3) is 0 Å². The molecule has 1 amide bonds. The van der Waals surface area contributed by atoms with Crippen LogP contribution >= 0.6 is 0 Å². The average molecular weight is 391 g/mol. The summed E-state index contributed by atoms with van der Waals surface area (Å²) in [4.78, 5) is 14.7. The minimum Gasteiger partial charge on any atom is -0.360 e. The van der Waals surface area contributed by atoms with Gasteiger partial charge in [0.2, 0.25) is 15.9 Å². The number of hydrogen-bond acceptors (Lipinski definition) is 5. The van der Waals surface area contributed by atoms with Gasteiger partial charge in [0.25, 0.3) is 0 Å². The van der Waals surface area contributed by atoms with Crippen molar-refractivity contribution in [2.24, 2.45) is 5.92 Å². The Morgan fingerprint density at radius 1 is 1.30 bits per heavy atom. The van der Waals surface area contributed by atoms with E-state index in [0.29, 0.717) is 25.1 Å². The molecule has 1 fully saturated rings. The molecule has 1 aliphatic rings. The summed E-state index contributed by atoms with van der Waals surface area (Å²) in [6.45, 7) is 5.73. The Bertz CT molecular complexity index is 932. The minimum absolute atomic E-state index is 0.0701. The predicted molar refractivity (Wildman–Crippen MR) is 102 cm³/mol. The van der Waals surface area contributed by atoms with E-state index in [-0.39, 0.29) is 29.0 Å². The fraction of sp³-hybridized carbons (Fsp3) is 0.474. The molecule has 1 unspecified atom stereocenters. The number of carbonyl (C=O) groups excluding carboxylic acids is 1. The van der Waals surface area contributed by atoms with E-state index in [1.165, 1.54) is 4.31 Å². The standard InChI is InChI=1S/C19H25N3O4S/c1-13-7-5-9-17(11-13)21(4)19(23)16-8-6-10-22(12-16)27(24,25)18-14(2)20-26-15(18)3/h5,7,9,11,16H,6,8,10,12H2,1-4H3. The molecule has 0 radical (unpaired) electrons. The fourth-order valence-corrected chi connectivity index (χ4v) is 5.39. The minimum atomic E-state index is -3.74. The van der Waals surface area contributed by atoms with E-state index in [4.69, 9.17) is 4.52 Å². The monoisotopic (exact) mass is 391 g/mol. The number of carbonyl (C=O) groups is 1.